The molecule has 0 bridgehead atoms. The van der Waals surface area contributed by atoms with Crippen molar-refractivity contribution in [3.8, 4) is 0 Å². The van der Waals surface area contributed by atoms with Gasteiger partial charge in [0.25, 0.3) is 0 Å². The highest BCUT2D eigenvalue weighted by Crippen LogP contribution is 2.14. The molecule has 0 spiro atoms. The Bertz CT molecular complexity index is 1160. The minimum absolute atomic E-state index is 0.125. The molecule has 0 saturated carbocycles. The largest absolute Gasteiger partial charge is 0.391 e. The molecule has 1 rings (SSSR count). The molecule has 0 aliphatic rings. The van der Waals surface area contributed by atoms with Gasteiger partial charge in [0.05, 0.1) is 18.7 Å². The van der Waals surface area contributed by atoms with Gasteiger partial charge in [0.2, 0.25) is 35.9 Å². The third kappa shape index (κ3) is 18.1. The second-order valence-electron chi connectivity index (χ2n) is 10.7. The number of aryl methyl sites for hydroxylation is 1. The minimum Gasteiger partial charge on any atom is -0.391 e. The maximum absolute atomic E-state index is 12.3. The molecule has 0 saturated heterocycles. The summed E-state index contributed by atoms with van der Waals surface area (Å²) in [6, 6.07) is 4.52. The van der Waals surface area contributed by atoms with E-state index in [0.29, 0.717) is 18.5 Å². The van der Waals surface area contributed by atoms with Crippen LogP contribution >= 0.6 is 0 Å². The van der Waals surface area contributed by atoms with Crippen LogP contribution in [-0.2, 0) is 28.8 Å². The average Bonchev–Trinajstić information content (AvgIpc) is 3.00. The highest BCUT2D eigenvalue weighted by Gasteiger charge is 2.36. The average molecular weight is 656 g/mol. The van der Waals surface area contributed by atoms with Crippen LogP contribution in [0.2, 0.25) is 0 Å². The Morgan fingerprint density at radius 3 is 2.04 bits per heavy atom. The molecule has 4 unspecified atom stereocenters. The number of hydrazone groups is 1. The van der Waals surface area contributed by atoms with Gasteiger partial charge < -0.3 is 49.0 Å². The minimum atomic E-state index is -1.57. The number of benzene rings is 1. The number of nitrogens with two attached hydrogens (primary N) is 3. The first-order valence-electron chi connectivity index (χ1n) is 14.4. The van der Waals surface area contributed by atoms with E-state index in [0.717, 1.165) is 6.42 Å². The van der Waals surface area contributed by atoms with Gasteiger partial charge in [0, 0.05) is 13.0 Å². The number of hydrogen-bond acceptors (Lipinski definition) is 9. The van der Waals surface area contributed by atoms with E-state index < -0.39 is 59.8 Å². The third-order valence-electron chi connectivity index (χ3n) is 6.26. The van der Waals surface area contributed by atoms with E-state index in [1.165, 1.54) is 26.8 Å². The van der Waals surface area contributed by atoms with E-state index in [-0.39, 0.29) is 24.0 Å². The first-order chi connectivity index (χ1) is 21.3. The highest BCUT2D eigenvalue weighted by molar-refractivity contribution is 6.05. The summed E-state index contributed by atoms with van der Waals surface area (Å²) in [5.41, 5.74) is 9.81. The normalized spacial score (nSPS) is 13.4. The van der Waals surface area contributed by atoms with Gasteiger partial charge >= 0.3 is 0 Å². The molecular weight excluding hydrogens is 605 g/mol. The van der Waals surface area contributed by atoms with E-state index in [1.54, 1.807) is 32.9 Å². The summed E-state index contributed by atoms with van der Waals surface area (Å²) in [4.78, 5) is 68.6. The van der Waals surface area contributed by atoms with Gasteiger partial charge in [-0.25, -0.2) is 4.39 Å². The van der Waals surface area contributed by atoms with Crippen molar-refractivity contribution in [2.45, 2.75) is 85.5 Å². The number of aliphatic hydroxyl groups excluding tert-OH is 1. The Hall–Kier alpha value is -4.80. The summed E-state index contributed by atoms with van der Waals surface area (Å²) in [5.74, 6) is 1.69. The first kappa shape index (κ1) is 43.3. The Morgan fingerprint density at radius 1 is 1.02 bits per heavy atom. The number of hydrogen-bond donors (Lipinski definition) is 9. The van der Waals surface area contributed by atoms with Crippen LogP contribution in [0.4, 0.5) is 4.39 Å². The molecule has 0 aliphatic heterocycles. The molecule has 260 valence electrons. The number of aliphatic hydroxyl groups is 1. The van der Waals surface area contributed by atoms with Gasteiger partial charge in [-0.2, -0.15) is 5.10 Å². The molecule has 0 heterocycles. The molecule has 12 N–H and O–H groups in total. The van der Waals surface area contributed by atoms with Crippen molar-refractivity contribution in [2.24, 2.45) is 27.8 Å². The number of rotatable bonds is 15. The predicted molar refractivity (Wildman–Crippen MR) is 171 cm³/mol. The molecule has 0 fully saturated rings. The van der Waals surface area contributed by atoms with Crippen LogP contribution in [0.25, 0.3) is 0 Å². The molecule has 0 aromatic heterocycles. The SMILES string of the molecule is CC(O)C(C)NC(=O)CNC(=O)C(C/C(N)=N/N)NC(=O)C(C)(C)C(N)=O.CCCNC(=O)C(C)NC=O.Cc1ccccc1F. The van der Waals surface area contributed by atoms with Crippen molar-refractivity contribution in [3.63, 3.8) is 0 Å². The Morgan fingerprint density at radius 2 is 1.61 bits per heavy atom. The number of carbonyl (C=O) groups excluding carboxylic acids is 6. The zero-order chi connectivity index (χ0) is 36.0. The molecule has 0 radical (unpaired) electrons. The van der Waals surface area contributed by atoms with Crippen LogP contribution in [0.3, 0.4) is 0 Å². The Balaban J connectivity index is 0. The van der Waals surface area contributed by atoms with E-state index in [1.807, 2.05) is 13.0 Å². The fraction of sp³-hybridized carbons (Fsp3) is 0.552. The Labute approximate surface area is 268 Å². The molecular formula is C29H50FN9O7. The Kier molecular flexibility index (Phi) is 21.4. The third-order valence-corrected chi connectivity index (χ3v) is 6.26. The topological polar surface area (TPSA) is 273 Å². The van der Waals surface area contributed by atoms with Crippen molar-refractivity contribution < 1.29 is 38.3 Å². The van der Waals surface area contributed by atoms with E-state index in [9.17, 15) is 38.3 Å². The van der Waals surface area contributed by atoms with Crippen LogP contribution in [-0.4, -0.2) is 84.2 Å². The monoisotopic (exact) mass is 655 g/mol. The van der Waals surface area contributed by atoms with Gasteiger partial charge in [0.15, 0.2) is 0 Å². The lowest BCUT2D eigenvalue weighted by molar-refractivity contribution is -0.141. The number of nitrogens with zero attached hydrogens (tertiary/aromatic N) is 1. The van der Waals surface area contributed by atoms with Crippen LogP contribution in [0, 0.1) is 18.2 Å². The lowest BCUT2D eigenvalue weighted by Crippen LogP contribution is -2.55. The maximum atomic E-state index is 12.3. The summed E-state index contributed by atoms with van der Waals surface area (Å²) in [5, 5.41) is 24.8. The van der Waals surface area contributed by atoms with E-state index in [4.69, 9.17) is 17.3 Å². The van der Waals surface area contributed by atoms with Crippen LogP contribution in [0.15, 0.2) is 29.4 Å². The van der Waals surface area contributed by atoms with E-state index >= 15 is 0 Å². The van der Waals surface area contributed by atoms with Gasteiger partial charge in [-0.3, -0.25) is 28.8 Å². The van der Waals surface area contributed by atoms with E-state index in [2.05, 4.69) is 31.7 Å². The summed E-state index contributed by atoms with van der Waals surface area (Å²) in [7, 11) is 0. The van der Waals surface area contributed by atoms with Gasteiger partial charge in [0.1, 0.15) is 29.2 Å². The molecule has 46 heavy (non-hydrogen) atoms. The number of amidine groups is 1. The zero-order valence-electron chi connectivity index (χ0n) is 27.5. The second-order valence-corrected chi connectivity index (χ2v) is 10.7. The molecule has 1 aromatic rings. The molecule has 0 aliphatic carbocycles. The predicted octanol–water partition coefficient (Wildman–Crippen LogP) is -1.61. The number of amides is 6. The van der Waals surface area contributed by atoms with Crippen molar-refractivity contribution in [1.82, 2.24) is 26.6 Å². The van der Waals surface area contributed by atoms with Crippen LogP contribution in [0.5, 0.6) is 0 Å². The first-order valence-corrected chi connectivity index (χ1v) is 14.4. The van der Waals surface area contributed by atoms with Crippen molar-refractivity contribution >= 4 is 41.8 Å². The smallest absolute Gasteiger partial charge is 0.243 e. The summed E-state index contributed by atoms with van der Waals surface area (Å²) >= 11 is 0. The molecule has 6 amide bonds. The van der Waals surface area contributed by atoms with Crippen molar-refractivity contribution in [2.75, 3.05) is 13.1 Å². The van der Waals surface area contributed by atoms with Crippen LogP contribution < -0.4 is 43.9 Å². The standard InChI is InChI=1S/C15H29N7O5.C7H7F.C7H14N2O2/c1-7(8(2)23)20-11(24)6-19-12(25)9(5-10(16)22-18)21-14(27)15(3,4)13(17)26;1-6-4-2-3-5-7(6)8;1-3-4-8-7(11)6(2)9-5-10/h7-9,23H,5-6,18H2,1-4H3,(H2,16,22)(H2,17,26)(H,19,25)(H,20,24)(H,21,27);2-5H,1H3;5-6H,3-4H2,1-2H3,(H,8,11)(H,9,10). The number of primary amides is 1. The maximum Gasteiger partial charge on any atom is 0.243 e. The number of nitrogens with one attached hydrogen (secondary N) is 5. The molecule has 17 heteroatoms. The van der Waals surface area contributed by atoms with Crippen molar-refractivity contribution in [1.29, 1.82) is 0 Å². The number of halogens is 1. The zero-order valence-corrected chi connectivity index (χ0v) is 27.5. The quantitative estimate of drug-likeness (QED) is 0.0262. The summed E-state index contributed by atoms with van der Waals surface area (Å²) in [6.45, 7) is 11.3. The fourth-order valence-electron chi connectivity index (χ4n) is 2.77. The lowest BCUT2D eigenvalue weighted by atomic mass is 9.91. The molecule has 16 nitrogen and oxygen atoms in total. The van der Waals surface area contributed by atoms with Gasteiger partial charge in [-0.1, -0.05) is 25.1 Å². The van der Waals surface area contributed by atoms with Crippen LogP contribution in [0.1, 0.15) is 59.9 Å². The summed E-state index contributed by atoms with van der Waals surface area (Å²) in [6.07, 6.45) is 0.415. The lowest BCUT2D eigenvalue weighted by Gasteiger charge is -2.24. The summed E-state index contributed by atoms with van der Waals surface area (Å²) < 4.78 is 12.3. The van der Waals surface area contributed by atoms with Gasteiger partial charge in [-0.15, -0.1) is 0 Å². The fourth-order valence-corrected chi connectivity index (χ4v) is 2.77. The molecule has 1 aromatic carbocycles. The number of carbonyl (C=O) groups is 6. The van der Waals surface area contributed by atoms with Crippen molar-refractivity contribution in [3.05, 3.63) is 35.6 Å². The van der Waals surface area contributed by atoms with Gasteiger partial charge in [-0.05, 0) is 59.6 Å². The highest BCUT2D eigenvalue weighted by atomic mass is 19.1. The second kappa shape index (κ2) is 22.7. The molecule has 4 atom stereocenters.